The highest BCUT2D eigenvalue weighted by Gasteiger charge is 2.13. The second kappa shape index (κ2) is 9.83. The Kier molecular flexibility index (Phi) is 6.69. The summed E-state index contributed by atoms with van der Waals surface area (Å²) in [6.45, 7) is 2.69. The van der Waals surface area contributed by atoms with Gasteiger partial charge in [0.05, 0.1) is 25.4 Å². The number of hydrogen-bond donors (Lipinski definition) is 0. The van der Waals surface area contributed by atoms with Gasteiger partial charge in [0, 0.05) is 12.0 Å². The van der Waals surface area contributed by atoms with Crippen molar-refractivity contribution in [3.63, 3.8) is 0 Å². The molecule has 0 fully saturated rings. The molecule has 0 saturated carbocycles. The van der Waals surface area contributed by atoms with Crippen LogP contribution in [0.25, 0.3) is 11.0 Å². The van der Waals surface area contributed by atoms with Crippen LogP contribution in [0.2, 0.25) is 0 Å². The number of para-hydroxylation sites is 1. The predicted molar refractivity (Wildman–Crippen MR) is 127 cm³/mol. The molecule has 0 amide bonds. The minimum absolute atomic E-state index is 0.204. The van der Waals surface area contributed by atoms with Crippen LogP contribution in [-0.2, 0) is 6.42 Å². The molecule has 0 atom stereocenters. The van der Waals surface area contributed by atoms with Crippen LogP contribution in [0.3, 0.4) is 0 Å². The minimum Gasteiger partial charge on any atom is -0.494 e. The summed E-state index contributed by atoms with van der Waals surface area (Å²) >= 11 is 1.10. The highest BCUT2D eigenvalue weighted by molar-refractivity contribution is 7.15. The van der Waals surface area contributed by atoms with E-state index in [1.165, 1.54) is 11.6 Å². The van der Waals surface area contributed by atoms with Crippen molar-refractivity contribution in [2.45, 2.75) is 19.8 Å². The largest absolute Gasteiger partial charge is 0.494 e. The van der Waals surface area contributed by atoms with E-state index in [4.69, 9.17) is 14.2 Å². The number of fused-ring (bicyclic) bond motifs is 1. The van der Waals surface area contributed by atoms with Gasteiger partial charge < -0.3 is 14.2 Å². The van der Waals surface area contributed by atoms with Crippen LogP contribution >= 0.6 is 11.3 Å². The Balaban J connectivity index is 1.71. The molecule has 0 aliphatic carbocycles. The fourth-order valence-corrected chi connectivity index (χ4v) is 4.23. The molecule has 4 rings (SSSR count). The molecule has 9 heteroatoms. The fraction of sp³-hybridized carbons (Fsp3) is 0.250. The maximum absolute atomic E-state index is 13.0. The number of hydrogen-bond acceptors (Lipinski definition) is 8. The van der Waals surface area contributed by atoms with Crippen LogP contribution in [0.1, 0.15) is 30.2 Å². The van der Waals surface area contributed by atoms with Gasteiger partial charge >= 0.3 is 0 Å². The van der Waals surface area contributed by atoms with Crippen molar-refractivity contribution in [1.29, 1.82) is 0 Å². The fourth-order valence-electron chi connectivity index (χ4n) is 3.34. The third-order valence-electron chi connectivity index (χ3n) is 4.94. The highest BCUT2D eigenvalue weighted by atomic mass is 32.1. The molecule has 0 saturated heterocycles. The van der Waals surface area contributed by atoms with E-state index in [9.17, 15) is 9.59 Å². The van der Waals surface area contributed by atoms with E-state index >= 15 is 0 Å². The summed E-state index contributed by atoms with van der Waals surface area (Å²) in [4.78, 5) is 29.9. The minimum atomic E-state index is -0.451. The Morgan fingerprint density at radius 1 is 1.06 bits per heavy atom. The van der Waals surface area contributed by atoms with Gasteiger partial charge in [0.25, 0.3) is 11.1 Å². The van der Waals surface area contributed by atoms with Gasteiger partial charge in [-0.15, -0.1) is 0 Å². The second-order valence-electron chi connectivity index (χ2n) is 7.23. The van der Waals surface area contributed by atoms with E-state index in [1.54, 1.807) is 25.3 Å². The summed E-state index contributed by atoms with van der Waals surface area (Å²) < 4.78 is 17.9. The number of methoxy groups -OCH3 is 2. The second-order valence-corrected chi connectivity index (χ2v) is 8.23. The Morgan fingerprint density at radius 3 is 2.55 bits per heavy atom. The molecule has 0 bridgehead atoms. The molecule has 8 nitrogen and oxygen atoms in total. The van der Waals surface area contributed by atoms with Crippen LogP contribution in [-0.4, -0.2) is 35.4 Å². The van der Waals surface area contributed by atoms with Crippen LogP contribution in [0, 0.1) is 0 Å². The zero-order chi connectivity index (χ0) is 23.4. The number of aromatic nitrogens is 3. The third kappa shape index (κ3) is 4.73. The Morgan fingerprint density at radius 2 is 1.85 bits per heavy atom. The van der Waals surface area contributed by atoms with Crippen molar-refractivity contribution < 1.29 is 14.2 Å². The van der Waals surface area contributed by atoms with Crippen molar-refractivity contribution >= 4 is 22.4 Å². The third-order valence-corrected chi connectivity index (χ3v) is 5.90. The van der Waals surface area contributed by atoms with Gasteiger partial charge in [-0.3, -0.25) is 9.59 Å². The Bertz CT molecular complexity index is 1440. The van der Waals surface area contributed by atoms with E-state index in [2.05, 4.69) is 10.1 Å². The summed E-state index contributed by atoms with van der Waals surface area (Å²) in [6, 6.07) is 12.9. The van der Waals surface area contributed by atoms with Gasteiger partial charge in [-0.2, -0.15) is 14.6 Å². The smallest absolute Gasteiger partial charge is 0.296 e. The number of thiazole rings is 1. The first-order valence-corrected chi connectivity index (χ1v) is 11.2. The molecule has 0 unspecified atom stereocenters. The Labute approximate surface area is 193 Å². The van der Waals surface area contributed by atoms with Crippen LogP contribution < -0.4 is 29.9 Å². The topological polar surface area (TPSA) is 92.0 Å². The molecule has 2 aromatic heterocycles. The predicted octanol–water partition coefficient (Wildman–Crippen LogP) is 2.46. The van der Waals surface area contributed by atoms with Crippen LogP contribution in [0.4, 0.5) is 0 Å². The molecular weight excluding hydrogens is 442 g/mol. The van der Waals surface area contributed by atoms with E-state index in [-0.39, 0.29) is 22.6 Å². The van der Waals surface area contributed by atoms with Crippen molar-refractivity contribution in [2.75, 3.05) is 20.8 Å². The molecule has 0 N–H and O–H groups in total. The lowest BCUT2D eigenvalue weighted by molar-refractivity contribution is 0.317. The molecule has 2 heterocycles. The normalized spacial score (nSPS) is 11.7. The SMILES string of the molecule is CCCOc1ccc(Cc2nn3c(=O)c(=Cc4cccc(OC)c4OC)sc3nc2=O)cc1. The van der Waals surface area contributed by atoms with Crippen molar-refractivity contribution in [3.8, 4) is 17.2 Å². The lowest BCUT2D eigenvalue weighted by Gasteiger charge is -2.09. The van der Waals surface area contributed by atoms with E-state index in [0.29, 0.717) is 28.2 Å². The molecule has 0 spiro atoms. The highest BCUT2D eigenvalue weighted by Crippen LogP contribution is 2.31. The number of ether oxygens (including phenoxy) is 3. The first-order valence-electron chi connectivity index (χ1n) is 10.4. The van der Waals surface area contributed by atoms with Crippen molar-refractivity contribution in [3.05, 3.63) is 84.5 Å². The molecule has 0 aliphatic heterocycles. The van der Waals surface area contributed by atoms with Gasteiger partial charge in [-0.1, -0.05) is 42.5 Å². The number of benzene rings is 2. The average Bonchev–Trinajstić information content (AvgIpc) is 3.12. The molecular formula is C24H23N3O5S. The maximum atomic E-state index is 13.0. The first-order chi connectivity index (χ1) is 16.0. The summed E-state index contributed by atoms with van der Waals surface area (Å²) in [5.74, 6) is 1.84. The van der Waals surface area contributed by atoms with Crippen molar-refractivity contribution in [1.82, 2.24) is 14.6 Å². The van der Waals surface area contributed by atoms with Crippen molar-refractivity contribution in [2.24, 2.45) is 0 Å². The summed E-state index contributed by atoms with van der Waals surface area (Å²) in [6.07, 6.45) is 2.88. The van der Waals surface area contributed by atoms with Gasteiger partial charge in [0.1, 0.15) is 11.4 Å². The molecule has 0 aliphatic rings. The summed E-state index contributed by atoms with van der Waals surface area (Å²) in [7, 11) is 3.08. The van der Waals surface area contributed by atoms with E-state index < -0.39 is 5.56 Å². The first kappa shape index (κ1) is 22.5. The zero-order valence-corrected chi connectivity index (χ0v) is 19.3. The quantitative estimate of drug-likeness (QED) is 0.395. The molecule has 170 valence electrons. The van der Waals surface area contributed by atoms with Crippen LogP contribution in [0.15, 0.2) is 52.1 Å². The molecule has 2 aromatic carbocycles. The van der Waals surface area contributed by atoms with Gasteiger partial charge in [0.15, 0.2) is 11.5 Å². The molecule has 33 heavy (non-hydrogen) atoms. The Hall–Kier alpha value is -3.72. The number of rotatable bonds is 8. The molecule has 0 radical (unpaired) electrons. The lowest BCUT2D eigenvalue weighted by atomic mass is 10.1. The van der Waals surface area contributed by atoms with Gasteiger partial charge in [-0.25, -0.2) is 0 Å². The van der Waals surface area contributed by atoms with Crippen LogP contribution in [0.5, 0.6) is 17.2 Å². The average molecular weight is 466 g/mol. The van der Waals surface area contributed by atoms with E-state index in [0.717, 1.165) is 29.1 Å². The van der Waals surface area contributed by atoms with Gasteiger partial charge in [-0.05, 0) is 36.3 Å². The monoisotopic (exact) mass is 465 g/mol. The molecule has 4 aromatic rings. The van der Waals surface area contributed by atoms with E-state index in [1.807, 2.05) is 37.3 Å². The maximum Gasteiger partial charge on any atom is 0.296 e. The van der Waals surface area contributed by atoms with Gasteiger partial charge in [0.2, 0.25) is 4.96 Å². The lowest BCUT2D eigenvalue weighted by Crippen LogP contribution is -2.28. The summed E-state index contributed by atoms with van der Waals surface area (Å²) in [5, 5.41) is 4.31. The zero-order valence-electron chi connectivity index (χ0n) is 18.5. The summed E-state index contributed by atoms with van der Waals surface area (Å²) in [5.41, 5.74) is 0.954. The number of nitrogens with zero attached hydrogens (tertiary/aromatic N) is 3. The standard InChI is InChI=1S/C24H23N3O5S/c1-4-12-32-17-10-8-15(9-11-17)13-18-22(28)25-24-27(26-18)23(29)20(33-24)14-16-6-5-7-19(30-2)21(16)31-3/h5-11,14H,4,12-13H2,1-3H3.